The molecule has 3 rings (SSSR count). The molecule has 0 unspecified atom stereocenters. The lowest BCUT2D eigenvalue weighted by Crippen LogP contribution is -2.35. The van der Waals surface area contributed by atoms with Gasteiger partial charge < -0.3 is 10.6 Å². The third kappa shape index (κ3) is 3.29. The summed E-state index contributed by atoms with van der Waals surface area (Å²) in [5.74, 6) is 0. The van der Waals surface area contributed by atoms with Gasteiger partial charge in [0.05, 0.1) is 5.41 Å². The van der Waals surface area contributed by atoms with Gasteiger partial charge in [0.25, 0.3) is 0 Å². The molecule has 1 saturated carbocycles. The highest BCUT2D eigenvalue weighted by Crippen LogP contribution is 2.58. The van der Waals surface area contributed by atoms with Crippen molar-refractivity contribution in [1.82, 2.24) is 5.32 Å². The van der Waals surface area contributed by atoms with Crippen LogP contribution in [0.3, 0.4) is 0 Å². The van der Waals surface area contributed by atoms with Gasteiger partial charge in [-0.15, -0.1) is 12.4 Å². The first-order valence-corrected chi connectivity index (χ1v) is 7.16. The second kappa shape index (κ2) is 6.05. The molecule has 0 atom stereocenters. The Kier molecular flexibility index (Phi) is 4.73. The smallest absolute Gasteiger partial charge is 0.382 e. The summed E-state index contributed by atoms with van der Waals surface area (Å²) in [5, 5.41) is 6.69. The van der Waals surface area contributed by atoms with E-state index in [0.717, 1.165) is 31.6 Å². The summed E-state index contributed by atoms with van der Waals surface area (Å²) < 4.78 is 39.1. The van der Waals surface area contributed by atoms with E-state index < -0.39 is 11.6 Å². The second-order valence-corrected chi connectivity index (χ2v) is 5.83. The van der Waals surface area contributed by atoms with Gasteiger partial charge in [0.1, 0.15) is 0 Å². The maximum atomic E-state index is 13.0. The van der Waals surface area contributed by atoms with Gasteiger partial charge in [-0.3, -0.25) is 0 Å². The molecule has 1 aliphatic heterocycles. The van der Waals surface area contributed by atoms with Crippen molar-refractivity contribution in [3.63, 3.8) is 0 Å². The maximum Gasteiger partial charge on any atom is 0.398 e. The van der Waals surface area contributed by atoms with Gasteiger partial charge in [-0.1, -0.05) is 12.1 Å². The van der Waals surface area contributed by atoms with Gasteiger partial charge in [-0.25, -0.2) is 0 Å². The molecule has 2 nitrogen and oxygen atoms in total. The van der Waals surface area contributed by atoms with Gasteiger partial charge in [0, 0.05) is 11.7 Å². The fourth-order valence-corrected chi connectivity index (χ4v) is 2.95. The van der Waals surface area contributed by atoms with Crippen molar-refractivity contribution in [2.45, 2.75) is 43.3 Å². The van der Waals surface area contributed by atoms with Crippen LogP contribution in [0.15, 0.2) is 24.3 Å². The van der Waals surface area contributed by atoms with Crippen molar-refractivity contribution in [2.24, 2.45) is 0 Å². The Morgan fingerprint density at radius 2 is 1.62 bits per heavy atom. The number of hydrogen-bond acceptors (Lipinski definition) is 2. The van der Waals surface area contributed by atoms with Crippen LogP contribution in [0, 0.1) is 0 Å². The summed E-state index contributed by atoms with van der Waals surface area (Å²) in [5.41, 5.74) is -0.250. The minimum atomic E-state index is -4.13. The highest BCUT2D eigenvalue weighted by Gasteiger charge is 2.64. The Bertz CT molecular complexity index is 463. The Morgan fingerprint density at radius 1 is 1.05 bits per heavy atom. The third-order valence-corrected chi connectivity index (χ3v) is 4.44. The van der Waals surface area contributed by atoms with Gasteiger partial charge >= 0.3 is 6.18 Å². The second-order valence-electron chi connectivity index (χ2n) is 5.83. The van der Waals surface area contributed by atoms with Crippen molar-refractivity contribution in [2.75, 3.05) is 18.4 Å². The molecule has 1 aliphatic carbocycles. The molecule has 1 saturated heterocycles. The normalized spacial score (nSPS) is 21.5. The lowest BCUT2D eigenvalue weighted by atomic mass is 9.95. The number of alkyl halides is 3. The van der Waals surface area contributed by atoms with Crippen molar-refractivity contribution in [3.05, 3.63) is 29.8 Å². The summed E-state index contributed by atoms with van der Waals surface area (Å²) in [4.78, 5) is 0. The fraction of sp³-hybridized carbons (Fsp3) is 0.600. The third-order valence-electron chi connectivity index (χ3n) is 4.44. The van der Waals surface area contributed by atoms with E-state index in [0.29, 0.717) is 11.6 Å². The van der Waals surface area contributed by atoms with Gasteiger partial charge in [0.2, 0.25) is 0 Å². The molecule has 0 radical (unpaired) electrons. The van der Waals surface area contributed by atoms with E-state index in [4.69, 9.17) is 0 Å². The van der Waals surface area contributed by atoms with E-state index in [1.165, 1.54) is 0 Å². The average Bonchev–Trinajstić information content (AvgIpc) is 3.22. The molecule has 1 heterocycles. The van der Waals surface area contributed by atoms with Crippen LogP contribution in [-0.2, 0) is 5.41 Å². The van der Waals surface area contributed by atoms with Crippen LogP contribution in [0.5, 0.6) is 0 Å². The molecule has 1 aromatic carbocycles. The van der Waals surface area contributed by atoms with Crippen LogP contribution >= 0.6 is 12.4 Å². The molecule has 2 fully saturated rings. The van der Waals surface area contributed by atoms with Gasteiger partial charge in [0.15, 0.2) is 0 Å². The largest absolute Gasteiger partial charge is 0.398 e. The predicted octanol–water partition coefficient (Wildman–Crippen LogP) is 3.87. The standard InChI is InChI=1S/C15H19F3N2.ClH/c16-15(17,18)14(7-8-14)11-1-3-12(4-2-11)20-13-5-9-19-10-6-13;/h1-4,13,19-20H,5-10H2;1H. The zero-order valence-corrected chi connectivity index (χ0v) is 12.5. The summed E-state index contributed by atoms with van der Waals surface area (Å²) in [6.07, 6.45) is -1.59. The molecule has 0 aromatic heterocycles. The average molecular weight is 321 g/mol. The predicted molar refractivity (Wildman–Crippen MR) is 80.2 cm³/mol. The SMILES string of the molecule is Cl.FC(F)(F)C1(c2ccc(NC3CCNCC3)cc2)CC1. The number of rotatable bonds is 3. The highest BCUT2D eigenvalue weighted by atomic mass is 35.5. The van der Waals surface area contributed by atoms with Crippen molar-refractivity contribution in [1.29, 1.82) is 0 Å². The first-order valence-electron chi connectivity index (χ1n) is 7.16. The summed E-state index contributed by atoms with van der Waals surface area (Å²) in [6, 6.07) is 7.24. The van der Waals surface area contributed by atoms with Gasteiger partial charge in [-0.2, -0.15) is 13.2 Å². The zero-order valence-electron chi connectivity index (χ0n) is 11.7. The molecule has 0 amide bonds. The number of piperidine rings is 1. The van der Waals surface area contributed by atoms with E-state index in [2.05, 4.69) is 10.6 Å². The fourth-order valence-electron chi connectivity index (χ4n) is 2.95. The van der Waals surface area contributed by atoms with Crippen LogP contribution in [-0.4, -0.2) is 25.3 Å². The van der Waals surface area contributed by atoms with E-state index in [9.17, 15) is 13.2 Å². The molecular formula is C15H20ClF3N2. The first kappa shape index (κ1) is 16.4. The van der Waals surface area contributed by atoms with Crippen LogP contribution in [0.2, 0.25) is 0 Å². The molecule has 118 valence electrons. The quantitative estimate of drug-likeness (QED) is 0.883. The van der Waals surface area contributed by atoms with E-state index in [-0.39, 0.29) is 25.2 Å². The molecule has 21 heavy (non-hydrogen) atoms. The summed E-state index contributed by atoms with van der Waals surface area (Å²) in [6.45, 7) is 1.99. The Labute approximate surface area is 128 Å². The molecule has 1 aromatic rings. The van der Waals surface area contributed by atoms with Crippen LogP contribution in [0.1, 0.15) is 31.2 Å². The minimum absolute atomic E-state index is 0. The van der Waals surface area contributed by atoms with Crippen LogP contribution < -0.4 is 10.6 Å². The van der Waals surface area contributed by atoms with Gasteiger partial charge in [-0.05, 0) is 56.5 Å². The summed E-state index contributed by atoms with van der Waals surface area (Å²) >= 11 is 0. The lowest BCUT2D eigenvalue weighted by molar-refractivity contribution is -0.160. The molecule has 2 N–H and O–H groups in total. The Morgan fingerprint density at radius 3 is 2.10 bits per heavy atom. The number of hydrogen-bond donors (Lipinski definition) is 2. The van der Waals surface area contributed by atoms with Crippen LogP contribution in [0.4, 0.5) is 18.9 Å². The molecule has 0 bridgehead atoms. The van der Waals surface area contributed by atoms with E-state index in [1.54, 1.807) is 24.3 Å². The van der Waals surface area contributed by atoms with E-state index >= 15 is 0 Å². The molecular weight excluding hydrogens is 301 g/mol. The minimum Gasteiger partial charge on any atom is -0.382 e. The topological polar surface area (TPSA) is 24.1 Å². The zero-order chi connectivity index (χ0) is 14.2. The molecule has 0 spiro atoms. The van der Waals surface area contributed by atoms with Crippen LogP contribution in [0.25, 0.3) is 0 Å². The van der Waals surface area contributed by atoms with Crippen molar-refractivity contribution in [3.8, 4) is 0 Å². The maximum absolute atomic E-state index is 13.0. The van der Waals surface area contributed by atoms with Crippen molar-refractivity contribution < 1.29 is 13.2 Å². The number of halogens is 4. The highest BCUT2D eigenvalue weighted by molar-refractivity contribution is 5.85. The Hall–Kier alpha value is -0.940. The number of nitrogens with one attached hydrogen (secondary N) is 2. The molecule has 6 heteroatoms. The number of benzene rings is 1. The van der Waals surface area contributed by atoms with Crippen molar-refractivity contribution >= 4 is 18.1 Å². The lowest BCUT2D eigenvalue weighted by Gasteiger charge is -2.25. The molecule has 2 aliphatic rings. The Balaban J connectivity index is 0.00000161. The summed E-state index contributed by atoms with van der Waals surface area (Å²) in [7, 11) is 0. The first-order chi connectivity index (χ1) is 9.51. The number of anilines is 1. The van der Waals surface area contributed by atoms with E-state index in [1.807, 2.05) is 0 Å². The monoisotopic (exact) mass is 320 g/mol.